The lowest BCUT2D eigenvalue weighted by Gasteiger charge is -2.27. The first kappa shape index (κ1) is 38.5. The van der Waals surface area contributed by atoms with Crippen molar-refractivity contribution in [1.82, 2.24) is 48.1 Å². The molecule has 4 aromatic heterocycles. The molecule has 8 rings (SSSR count). The predicted molar refractivity (Wildman–Crippen MR) is 225 cm³/mol. The van der Waals surface area contributed by atoms with E-state index in [1.54, 1.807) is 43.6 Å². The number of carboxylic acid groups (broad SMARTS) is 1. The fourth-order valence-electron chi connectivity index (χ4n) is 6.43. The Bertz CT molecular complexity index is 2580. The van der Waals surface area contributed by atoms with Gasteiger partial charge in [-0.05, 0) is 92.2 Å². The topological polar surface area (TPSA) is 210 Å². The lowest BCUT2D eigenvalue weighted by atomic mass is 10.2. The second kappa shape index (κ2) is 16.3. The number of aromatic nitrogens is 8. The Hall–Kier alpha value is -6.32. The van der Waals surface area contributed by atoms with Crippen molar-refractivity contribution < 1.29 is 18.3 Å². The van der Waals surface area contributed by atoms with Crippen molar-refractivity contribution in [3.8, 4) is 0 Å². The Morgan fingerprint density at radius 2 is 1.33 bits per heavy atom. The van der Waals surface area contributed by atoms with Crippen LogP contribution in [0.15, 0.2) is 108 Å². The number of hydrogen-bond donors (Lipinski definition) is 6. The Labute approximate surface area is 342 Å². The Morgan fingerprint density at radius 1 is 0.828 bits per heavy atom. The highest BCUT2D eigenvalue weighted by Crippen LogP contribution is 2.33. The van der Waals surface area contributed by atoms with Crippen LogP contribution in [0.4, 0.5) is 27.8 Å². The number of nitrogens with zero attached hydrogens (tertiary/aromatic N) is 9. The van der Waals surface area contributed by atoms with Gasteiger partial charge >= 0.3 is 6.09 Å². The van der Waals surface area contributed by atoms with Crippen LogP contribution in [0.1, 0.15) is 30.0 Å². The van der Waals surface area contributed by atoms with Crippen LogP contribution >= 0.6 is 23.9 Å². The molecule has 58 heavy (non-hydrogen) atoms. The molecule has 0 radical (unpaired) electrons. The molecule has 1 amide bonds. The van der Waals surface area contributed by atoms with E-state index in [1.165, 1.54) is 28.8 Å². The number of amides is 1. The van der Waals surface area contributed by atoms with Crippen LogP contribution in [-0.2, 0) is 23.1 Å². The molecule has 18 nitrogen and oxygen atoms in total. The van der Waals surface area contributed by atoms with E-state index < -0.39 is 22.0 Å². The van der Waals surface area contributed by atoms with Crippen LogP contribution in [0.5, 0.6) is 0 Å². The van der Waals surface area contributed by atoms with Gasteiger partial charge in [-0.3, -0.25) is 29.0 Å². The number of imidazole rings is 2. The maximum Gasteiger partial charge on any atom is 0.411 e. The molecule has 2 aromatic carbocycles. The van der Waals surface area contributed by atoms with Gasteiger partial charge in [-0.2, -0.15) is 10.2 Å². The highest BCUT2D eigenvalue weighted by molar-refractivity contribution is 7.97. The van der Waals surface area contributed by atoms with Crippen molar-refractivity contribution in [3.05, 3.63) is 121 Å². The van der Waals surface area contributed by atoms with E-state index in [0.717, 1.165) is 44.5 Å². The minimum atomic E-state index is -3.81. The van der Waals surface area contributed by atoms with Crippen molar-refractivity contribution in [2.45, 2.75) is 43.7 Å². The van der Waals surface area contributed by atoms with Gasteiger partial charge in [0.15, 0.2) is 11.6 Å². The van der Waals surface area contributed by atoms with Crippen molar-refractivity contribution in [2.24, 2.45) is 5.92 Å². The Kier molecular flexibility index (Phi) is 10.8. The van der Waals surface area contributed by atoms with Gasteiger partial charge < -0.3 is 24.4 Å². The number of H-pyrrole nitrogens is 2. The molecule has 2 aliphatic heterocycles. The number of anilines is 4. The zero-order valence-corrected chi connectivity index (χ0v) is 34.0. The Balaban J connectivity index is 0.854. The standard InChI is InChI=1S/C37H40N14O4S3/c1-24(18-51(37(52)53)28-6-10-30(11-7-28)57-48-20-34-39-13-15-50(34)36(22-48)41-32-17-26(3)43-45-32)23-58(54,55)46-27-4-8-29(9-5-27)56-47-19-33-38-12-14-49(33)35(21-47)40-31-16-25(2)42-44-31/h4-17,21-22,24,46H,18-20,23H2,1-3H3,(H,52,53)(H2,40,42,44)(H2,41,43,45). The number of carbonyl (C=O) groups is 1. The third-order valence-electron chi connectivity index (χ3n) is 8.96. The molecule has 0 bridgehead atoms. The summed E-state index contributed by atoms with van der Waals surface area (Å²) in [4.78, 5) is 24.3. The summed E-state index contributed by atoms with van der Waals surface area (Å²) in [5, 5.41) is 31.2. The molecule has 6 heterocycles. The van der Waals surface area contributed by atoms with Crippen LogP contribution in [0.25, 0.3) is 11.6 Å². The molecule has 0 saturated carbocycles. The maximum atomic E-state index is 13.2. The van der Waals surface area contributed by atoms with Gasteiger partial charge in [0.05, 0.1) is 31.2 Å². The number of rotatable bonds is 15. The van der Waals surface area contributed by atoms with Crippen LogP contribution in [-0.4, -0.2) is 80.0 Å². The fraction of sp³-hybridized carbons (Fsp3) is 0.216. The molecule has 0 fully saturated rings. The molecule has 0 spiro atoms. The van der Waals surface area contributed by atoms with E-state index >= 15 is 0 Å². The quantitative estimate of drug-likeness (QED) is 0.0611. The molecule has 1 unspecified atom stereocenters. The first-order valence-electron chi connectivity index (χ1n) is 18.1. The first-order valence-corrected chi connectivity index (χ1v) is 21.3. The molecular weight excluding hydrogens is 801 g/mol. The second-order valence-electron chi connectivity index (χ2n) is 13.8. The number of fused-ring (bicyclic) bond motifs is 2. The summed E-state index contributed by atoms with van der Waals surface area (Å²) in [6, 6.07) is 18.0. The van der Waals surface area contributed by atoms with E-state index in [4.69, 9.17) is 0 Å². The van der Waals surface area contributed by atoms with Gasteiger partial charge in [0.1, 0.15) is 23.3 Å². The van der Waals surface area contributed by atoms with Crippen LogP contribution in [0, 0.1) is 19.8 Å². The summed E-state index contributed by atoms with van der Waals surface area (Å²) in [6.45, 7) is 6.66. The molecule has 21 heteroatoms. The second-order valence-corrected chi connectivity index (χ2v) is 17.8. The van der Waals surface area contributed by atoms with Gasteiger partial charge in [-0.25, -0.2) is 23.2 Å². The lowest BCUT2D eigenvalue weighted by molar-refractivity contribution is 0.201. The largest absolute Gasteiger partial charge is 0.465 e. The predicted octanol–water partition coefficient (Wildman–Crippen LogP) is 6.49. The number of benzene rings is 2. The third-order valence-corrected chi connectivity index (χ3v) is 12.4. The highest BCUT2D eigenvalue weighted by Gasteiger charge is 2.24. The average Bonchev–Trinajstić information content (AvgIpc) is 4.01. The molecule has 2 aliphatic rings. The van der Waals surface area contributed by atoms with Gasteiger partial charge in [0, 0.05) is 76.0 Å². The SMILES string of the molecule is Cc1cc(NC2=CN(Sc3ccc(NS(=O)(=O)CC(C)CN(C(=O)O)c4ccc(SN5C=C(Nc6cc(C)[nH]n6)n6ccnc6C5)cc4)cc3)Cc3nccn32)n[nH]1. The third kappa shape index (κ3) is 9.11. The zero-order valence-electron chi connectivity index (χ0n) is 31.6. The monoisotopic (exact) mass is 840 g/mol. The molecular formula is C37H40N14O4S3. The number of aryl methyl sites for hydroxylation is 2. The Morgan fingerprint density at radius 3 is 1.79 bits per heavy atom. The summed E-state index contributed by atoms with van der Waals surface area (Å²) < 4.78 is 37.1. The van der Waals surface area contributed by atoms with E-state index in [-0.39, 0.29) is 12.3 Å². The van der Waals surface area contributed by atoms with Gasteiger partial charge in [-0.1, -0.05) is 6.92 Å². The van der Waals surface area contributed by atoms with E-state index in [2.05, 4.69) is 45.7 Å². The number of nitrogens with one attached hydrogen (secondary N) is 5. The van der Waals surface area contributed by atoms with Crippen molar-refractivity contribution in [3.63, 3.8) is 0 Å². The minimum Gasteiger partial charge on any atom is -0.465 e. The zero-order chi connectivity index (χ0) is 40.4. The first-order chi connectivity index (χ1) is 27.9. The maximum absolute atomic E-state index is 13.2. The smallest absolute Gasteiger partial charge is 0.411 e. The minimum absolute atomic E-state index is 0.0181. The average molecular weight is 841 g/mol. The molecule has 0 saturated heterocycles. The van der Waals surface area contributed by atoms with Crippen molar-refractivity contribution >= 4 is 74.7 Å². The summed E-state index contributed by atoms with van der Waals surface area (Å²) in [6.07, 6.45) is 10.0. The van der Waals surface area contributed by atoms with E-state index in [0.29, 0.717) is 36.1 Å². The van der Waals surface area contributed by atoms with Gasteiger partial charge in [0.25, 0.3) is 0 Å². The van der Waals surface area contributed by atoms with E-state index in [1.807, 2.05) is 92.8 Å². The number of aromatic amines is 2. The van der Waals surface area contributed by atoms with Crippen LogP contribution in [0.2, 0.25) is 0 Å². The van der Waals surface area contributed by atoms with Crippen molar-refractivity contribution in [1.29, 1.82) is 0 Å². The summed E-state index contributed by atoms with van der Waals surface area (Å²) in [5.41, 5.74) is 2.72. The van der Waals surface area contributed by atoms with Crippen LogP contribution < -0.4 is 20.3 Å². The van der Waals surface area contributed by atoms with Gasteiger partial charge in [-0.15, -0.1) is 0 Å². The lowest BCUT2D eigenvalue weighted by Crippen LogP contribution is -2.36. The molecule has 1 atom stereocenters. The summed E-state index contributed by atoms with van der Waals surface area (Å²) in [7, 11) is -3.81. The van der Waals surface area contributed by atoms with Crippen LogP contribution in [0.3, 0.4) is 0 Å². The summed E-state index contributed by atoms with van der Waals surface area (Å²) in [5.74, 6) is 3.85. The van der Waals surface area contributed by atoms with E-state index in [9.17, 15) is 18.3 Å². The molecule has 6 N–H and O–H groups in total. The highest BCUT2D eigenvalue weighted by atomic mass is 32.2. The normalized spacial score (nSPS) is 14.3. The van der Waals surface area contributed by atoms with Gasteiger partial charge in [0.2, 0.25) is 10.0 Å². The number of sulfonamides is 1. The number of hydrogen-bond acceptors (Lipinski definition) is 13. The molecule has 0 aliphatic carbocycles. The molecule has 6 aromatic rings. The fourth-order valence-corrected chi connectivity index (χ4v) is 9.59. The molecule has 300 valence electrons. The summed E-state index contributed by atoms with van der Waals surface area (Å²) >= 11 is 2.96. The van der Waals surface area contributed by atoms with Crippen molar-refractivity contribution in [2.75, 3.05) is 32.6 Å².